The maximum atomic E-state index is 3.39. The first-order chi connectivity index (χ1) is 5.64. The second-order valence-electron chi connectivity index (χ2n) is 4.84. The Balaban J connectivity index is 2.28. The maximum absolute atomic E-state index is 3.39. The Morgan fingerprint density at radius 3 is 2.25 bits per heavy atom. The van der Waals surface area contributed by atoms with Gasteiger partial charge in [0, 0.05) is 5.54 Å². The van der Waals surface area contributed by atoms with E-state index in [4.69, 9.17) is 0 Å². The zero-order chi connectivity index (χ0) is 9.03. The van der Waals surface area contributed by atoms with E-state index in [0.717, 1.165) is 5.92 Å². The van der Waals surface area contributed by atoms with E-state index in [0.29, 0.717) is 5.54 Å². The minimum absolute atomic E-state index is 0.349. The average molecular weight is 169 g/mol. The SMILES string of the molecule is CNC(C)(C)CC1CCCCC1. The van der Waals surface area contributed by atoms with Crippen LogP contribution < -0.4 is 5.32 Å². The molecule has 1 N–H and O–H groups in total. The van der Waals surface area contributed by atoms with Crippen molar-refractivity contribution in [1.82, 2.24) is 5.32 Å². The summed E-state index contributed by atoms with van der Waals surface area (Å²) in [5.74, 6) is 0.987. The van der Waals surface area contributed by atoms with Crippen LogP contribution in [0.5, 0.6) is 0 Å². The van der Waals surface area contributed by atoms with Crippen molar-refractivity contribution in [3.63, 3.8) is 0 Å². The standard InChI is InChI=1S/C11H23N/c1-11(2,12-3)9-10-7-5-4-6-8-10/h10,12H,4-9H2,1-3H3. The third kappa shape index (κ3) is 3.14. The molecule has 1 heteroatoms. The molecule has 0 unspecified atom stereocenters. The molecule has 0 amide bonds. The Morgan fingerprint density at radius 2 is 1.75 bits per heavy atom. The van der Waals surface area contributed by atoms with Gasteiger partial charge in [-0.15, -0.1) is 0 Å². The van der Waals surface area contributed by atoms with Gasteiger partial charge in [0.15, 0.2) is 0 Å². The Labute approximate surface area is 76.9 Å². The fourth-order valence-electron chi connectivity index (χ4n) is 2.22. The Morgan fingerprint density at radius 1 is 1.17 bits per heavy atom. The van der Waals surface area contributed by atoms with E-state index in [1.807, 2.05) is 0 Å². The van der Waals surface area contributed by atoms with Gasteiger partial charge in [-0.05, 0) is 33.2 Å². The Bertz CT molecular complexity index is 123. The van der Waals surface area contributed by atoms with E-state index in [1.54, 1.807) is 0 Å². The lowest BCUT2D eigenvalue weighted by molar-refractivity contribution is 0.256. The highest BCUT2D eigenvalue weighted by atomic mass is 14.9. The highest BCUT2D eigenvalue weighted by molar-refractivity contribution is 4.80. The highest BCUT2D eigenvalue weighted by Gasteiger charge is 2.22. The van der Waals surface area contributed by atoms with Gasteiger partial charge in [0.2, 0.25) is 0 Å². The smallest absolute Gasteiger partial charge is 0.0124 e. The molecule has 0 aromatic rings. The summed E-state index contributed by atoms with van der Waals surface area (Å²) < 4.78 is 0. The first kappa shape index (κ1) is 10.0. The molecule has 0 spiro atoms. The number of hydrogen-bond donors (Lipinski definition) is 1. The molecule has 0 atom stereocenters. The fraction of sp³-hybridized carbons (Fsp3) is 1.00. The molecule has 1 saturated carbocycles. The van der Waals surface area contributed by atoms with Crippen molar-refractivity contribution in [2.24, 2.45) is 5.92 Å². The largest absolute Gasteiger partial charge is 0.315 e. The van der Waals surface area contributed by atoms with Crippen LogP contribution in [0.25, 0.3) is 0 Å². The molecule has 1 rings (SSSR count). The molecule has 72 valence electrons. The molecule has 0 aromatic carbocycles. The lowest BCUT2D eigenvalue weighted by Crippen LogP contribution is -2.38. The quantitative estimate of drug-likeness (QED) is 0.685. The van der Waals surface area contributed by atoms with Gasteiger partial charge in [0.25, 0.3) is 0 Å². The van der Waals surface area contributed by atoms with Crippen molar-refractivity contribution in [3.05, 3.63) is 0 Å². The molecule has 0 radical (unpaired) electrons. The Hall–Kier alpha value is -0.0400. The predicted molar refractivity (Wildman–Crippen MR) is 54.3 cm³/mol. The molecule has 1 aliphatic carbocycles. The van der Waals surface area contributed by atoms with Crippen LogP contribution in [0.15, 0.2) is 0 Å². The molecule has 0 saturated heterocycles. The van der Waals surface area contributed by atoms with E-state index in [9.17, 15) is 0 Å². The topological polar surface area (TPSA) is 12.0 Å². The van der Waals surface area contributed by atoms with Gasteiger partial charge in [-0.25, -0.2) is 0 Å². The summed E-state index contributed by atoms with van der Waals surface area (Å²) in [4.78, 5) is 0. The lowest BCUT2D eigenvalue weighted by Gasteiger charge is -2.31. The van der Waals surface area contributed by atoms with E-state index in [2.05, 4.69) is 26.2 Å². The van der Waals surface area contributed by atoms with Crippen molar-refractivity contribution in [3.8, 4) is 0 Å². The van der Waals surface area contributed by atoms with Crippen molar-refractivity contribution in [2.75, 3.05) is 7.05 Å². The predicted octanol–water partition coefficient (Wildman–Crippen LogP) is 2.95. The minimum atomic E-state index is 0.349. The van der Waals surface area contributed by atoms with Crippen molar-refractivity contribution in [2.45, 2.75) is 57.9 Å². The summed E-state index contributed by atoms with van der Waals surface area (Å²) in [5.41, 5.74) is 0.349. The molecule has 0 bridgehead atoms. The average Bonchev–Trinajstić information content (AvgIpc) is 2.06. The van der Waals surface area contributed by atoms with Crippen LogP contribution in [0.4, 0.5) is 0 Å². The van der Waals surface area contributed by atoms with Crippen molar-refractivity contribution in [1.29, 1.82) is 0 Å². The van der Waals surface area contributed by atoms with E-state index < -0.39 is 0 Å². The van der Waals surface area contributed by atoms with Gasteiger partial charge in [-0.1, -0.05) is 32.1 Å². The summed E-state index contributed by atoms with van der Waals surface area (Å²) in [6.07, 6.45) is 8.67. The fourth-order valence-corrected chi connectivity index (χ4v) is 2.22. The third-order valence-electron chi connectivity index (χ3n) is 3.20. The molecule has 1 fully saturated rings. The molecule has 0 aliphatic heterocycles. The van der Waals surface area contributed by atoms with Gasteiger partial charge >= 0.3 is 0 Å². The van der Waals surface area contributed by atoms with Gasteiger partial charge in [-0.2, -0.15) is 0 Å². The summed E-state index contributed by atoms with van der Waals surface area (Å²) in [6, 6.07) is 0. The molecule has 1 nitrogen and oxygen atoms in total. The van der Waals surface area contributed by atoms with Gasteiger partial charge in [0.1, 0.15) is 0 Å². The summed E-state index contributed by atoms with van der Waals surface area (Å²) in [6.45, 7) is 4.61. The second kappa shape index (κ2) is 4.27. The van der Waals surface area contributed by atoms with Crippen molar-refractivity contribution < 1.29 is 0 Å². The zero-order valence-corrected chi connectivity index (χ0v) is 8.82. The maximum Gasteiger partial charge on any atom is 0.0124 e. The number of rotatable bonds is 3. The van der Waals surface area contributed by atoms with Crippen LogP contribution in [-0.2, 0) is 0 Å². The van der Waals surface area contributed by atoms with E-state index in [1.165, 1.54) is 38.5 Å². The molecular weight excluding hydrogens is 146 g/mol. The summed E-state index contributed by atoms with van der Waals surface area (Å²) in [5, 5.41) is 3.39. The van der Waals surface area contributed by atoms with E-state index in [-0.39, 0.29) is 0 Å². The molecule has 0 aromatic heterocycles. The number of nitrogens with one attached hydrogen (secondary N) is 1. The zero-order valence-electron chi connectivity index (χ0n) is 8.82. The normalized spacial score (nSPS) is 21.2. The minimum Gasteiger partial charge on any atom is -0.315 e. The van der Waals surface area contributed by atoms with Gasteiger partial charge < -0.3 is 5.32 Å². The van der Waals surface area contributed by atoms with E-state index >= 15 is 0 Å². The summed E-state index contributed by atoms with van der Waals surface area (Å²) in [7, 11) is 2.07. The second-order valence-corrected chi connectivity index (χ2v) is 4.84. The Kier molecular flexibility index (Phi) is 3.57. The van der Waals surface area contributed by atoms with Crippen molar-refractivity contribution >= 4 is 0 Å². The summed E-state index contributed by atoms with van der Waals surface area (Å²) >= 11 is 0. The van der Waals surface area contributed by atoms with Crippen LogP contribution in [0.1, 0.15) is 52.4 Å². The van der Waals surface area contributed by atoms with Gasteiger partial charge in [-0.3, -0.25) is 0 Å². The van der Waals surface area contributed by atoms with Crippen LogP contribution in [0.3, 0.4) is 0 Å². The van der Waals surface area contributed by atoms with Crippen LogP contribution in [0.2, 0.25) is 0 Å². The highest BCUT2D eigenvalue weighted by Crippen LogP contribution is 2.30. The molecule has 0 heterocycles. The molecule has 1 aliphatic rings. The molecular formula is C11H23N. The van der Waals surface area contributed by atoms with Gasteiger partial charge in [0.05, 0.1) is 0 Å². The third-order valence-corrected chi connectivity index (χ3v) is 3.20. The first-order valence-electron chi connectivity index (χ1n) is 5.33. The van der Waals surface area contributed by atoms with Crippen LogP contribution >= 0.6 is 0 Å². The monoisotopic (exact) mass is 169 g/mol. The first-order valence-corrected chi connectivity index (χ1v) is 5.33. The molecule has 12 heavy (non-hydrogen) atoms. The van der Waals surface area contributed by atoms with Crippen LogP contribution in [-0.4, -0.2) is 12.6 Å². The lowest BCUT2D eigenvalue weighted by atomic mass is 9.81. The van der Waals surface area contributed by atoms with Crippen LogP contribution in [0, 0.1) is 5.92 Å². The number of hydrogen-bond acceptors (Lipinski definition) is 1.